The molecule has 9 heteroatoms. The third-order valence-electron chi connectivity index (χ3n) is 4.67. The monoisotopic (exact) mass is 375 g/mol. The van der Waals surface area contributed by atoms with Crippen LogP contribution >= 0.6 is 0 Å². The minimum atomic E-state index is -2.94. The van der Waals surface area contributed by atoms with Crippen LogP contribution in [-0.4, -0.2) is 42.9 Å². The molecule has 0 amide bonds. The zero-order chi connectivity index (χ0) is 19.2. The largest absolute Gasteiger partial charge is 0.434 e. The van der Waals surface area contributed by atoms with E-state index in [1.54, 1.807) is 49.0 Å². The molecule has 1 saturated carbocycles. The highest BCUT2D eigenvalue weighted by Crippen LogP contribution is 2.35. The minimum absolute atomic E-state index is 0.0400. The fourth-order valence-electron chi connectivity index (χ4n) is 3.43. The Balaban J connectivity index is 1.72. The van der Waals surface area contributed by atoms with Gasteiger partial charge in [0.05, 0.1) is 17.3 Å². The van der Waals surface area contributed by atoms with Crippen LogP contribution in [0.2, 0.25) is 0 Å². The lowest BCUT2D eigenvalue weighted by molar-refractivity contribution is -0.0495. The predicted octanol–water partition coefficient (Wildman–Crippen LogP) is 3.03. The summed E-state index contributed by atoms with van der Waals surface area (Å²) < 4.78 is 32.0. The number of alkyl halides is 2. The summed E-state index contributed by atoms with van der Waals surface area (Å²) in [4.78, 5) is 4.14. The number of halogens is 2. The normalized spacial score (nSPS) is 22.1. The van der Waals surface area contributed by atoms with Gasteiger partial charge in [-0.3, -0.25) is 4.40 Å². The summed E-state index contributed by atoms with van der Waals surface area (Å²) in [6.07, 6.45) is 4.39. The highest BCUT2D eigenvalue weighted by atomic mass is 19.3. The number of fused-ring (bicyclic) bond motifs is 1. The number of benzene rings is 1. The molecule has 142 valence electrons. The highest BCUT2D eigenvalue weighted by Gasteiger charge is 2.38. The topological polar surface area (TPSA) is 84.6 Å². The molecule has 2 heterocycles. The maximum atomic E-state index is 12.8. The predicted molar refractivity (Wildman–Crippen MR) is 94.9 cm³/mol. The van der Waals surface area contributed by atoms with Crippen LogP contribution in [0.1, 0.15) is 25.3 Å². The van der Waals surface area contributed by atoms with E-state index in [2.05, 4.69) is 25.2 Å². The zero-order valence-electron chi connectivity index (χ0n) is 14.9. The van der Waals surface area contributed by atoms with Gasteiger partial charge >= 0.3 is 6.61 Å². The summed E-state index contributed by atoms with van der Waals surface area (Å²) in [6, 6.07) is 5.10. The van der Waals surface area contributed by atoms with Gasteiger partial charge in [-0.05, 0) is 44.4 Å². The molecule has 1 aromatic carbocycles. The quantitative estimate of drug-likeness (QED) is 0.713. The van der Waals surface area contributed by atoms with Gasteiger partial charge in [0.2, 0.25) is 5.95 Å². The lowest BCUT2D eigenvalue weighted by Gasteiger charge is -2.41. The number of nitrogens with zero attached hydrogens (tertiary/aromatic N) is 4. The fourth-order valence-corrected chi connectivity index (χ4v) is 3.43. The van der Waals surface area contributed by atoms with Gasteiger partial charge in [0, 0.05) is 11.6 Å². The van der Waals surface area contributed by atoms with Crippen LogP contribution in [0.3, 0.4) is 0 Å². The molecule has 1 aliphatic rings. The van der Waals surface area contributed by atoms with Crippen molar-refractivity contribution < 1.29 is 18.6 Å². The molecule has 3 aromatic rings. The minimum Gasteiger partial charge on any atom is -0.434 e. The summed E-state index contributed by atoms with van der Waals surface area (Å²) in [7, 11) is 0. The number of aromatic nitrogens is 4. The maximum Gasteiger partial charge on any atom is 0.387 e. The summed E-state index contributed by atoms with van der Waals surface area (Å²) in [5.41, 5.74) is 1.55. The maximum absolute atomic E-state index is 12.8. The van der Waals surface area contributed by atoms with Crippen LogP contribution in [0.5, 0.6) is 5.75 Å². The smallest absolute Gasteiger partial charge is 0.387 e. The number of ether oxygens (including phenoxy) is 1. The second-order valence-electron chi connectivity index (χ2n) is 7.15. The summed E-state index contributed by atoms with van der Waals surface area (Å²) >= 11 is 0. The molecule has 4 rings (SSSR count). The van der Waals surface area contributed by atoms with Crippen LogP contribution in [0, 0.1) is 6.92 Å². The lowest BCUT2D eigenvalue weighted by atomic mass is 9.77. The second kappa shape index (κ2) is 6.41. The van der Waals surface area contributed by atoms with Gasteiger partial charge in [-0.1, -0.05) is 6.07 Å². The third kappa shape index (κ3) is 3.42. The number of anilines is 1. The molecule has 0 bridgehead atoms. The number of aliphatic hydroxyl groups is 1. The van der Waals surface area contributed by atoms with Crippen LogP contribution in [0.15, 0.2) is 30.7 Å². The van der Waals surface area contributed by atoms with Gasteiger partial charge in [0.25, 0.3) is 0 Å². The summed E-state index contributed by atoms with van der Waals surface area (Å²) in [6.45, 7) is 0.643. The first-order chi connectivity index (χ1) is 12.8. The van der Waals surface area contributed by atoms with E-state index in [0.29, 0.717) is 35.6 Å². The molecule has 0 aliphatic heterocycles. The Morgan fingerprint density at radius 2 is 2.11 bits per heavy atom. The molecule has 2 N–H and O–H groups in total. The average molecular weight is 375 g/mol. The zero-order valence-corrected chi connectivity index (χ0v) is 14.9. The Kier molecular flexibility index (Phi) is 4.18. The Morgan fingerprint density at radius 3 is 2.81 bits per heavy atom. The molecule has 0 saturated heterocycles. The second-order valence-corrected chi connectivity index (χ2v) is 7.15. The van der Waals surface area contributed by atoms with E-state index in [0.717, 1.165) is 5.56 Å². The van der Waals surface area contributed by atoms with Gasteiger partial charge in [0.15, 0.2) is 0 Å². The number of hydrogen-bond acceptors (Lipinski definition) is 6. The van der Waals surface area contributed by atoms with E-state index in [4.69, 9.17) is 0 Å². The first kappa shape index (κ1) is 17.6. The van der Waals surface area contributed by atoms with Crippen molar-refractivity contribution in [2.24, 2.45) is 0 Å². The third-order valence-corrected chi connectivity index (χ3v) is 4.67. The Morgan fingerprint density at radius 1 is 1.33 bits per heavy atom. The van der Waals surface area contributed by atoms with Crippen LogP contribution in [0.25, 0.3) is 16.8 Å². The fraction of sp³-hybridized carbons (Fsp3) is 0.389. The van der Waals surface area contributed by atoms with Crippen molar-refractivity contribution in [3.05, 3.63) is 36.3 Å². The molecule has 0 radical (unpaired) electrons. The number of rotatable bonds is 5. The Bertz CT molecular complexity index is 981. The van der Waals surface area contributed by atoms with Gasteiger partial charge in [-0.2, -0.15) is 8.78 Å². The molecule has 2 aromatic heterocycles. The molecule has 7 nitrogen and oxygen atoms in total. The SMILES string of the molecule is Cc1ccc(-c2nnc(NC3CC(C)(O)C3)n3cncc23)c(OC(F)F)c1. The molecule has 0 unspecified atom stereocenters. The van der Waals surface area contributed by atoms with E-state index >= 15 is 0 Å². The molecule has 27 heavy (non-hydrogen) atoms. The van der Waals surface area contributed by atoms with Crippen molar-refractivity contribution in [3.8, 4) is 17.0 Å². The summed E-state index contributed by atoms with van der Waals surface area (Å²) in [5, 5.41) is 21.6. The Hall–Kier alpha value is -2.81. The molecule has 0 atom stereocenters. The molecular weight excluding hydrogens is 356 g/mol. The average Bonchev–Trinajstić information content (AvgIpc) is 3.03. The first-order valence-electron chi connectivity index (χ1n) is 8.56. The van der Waals surface area contributed by atoms with Crippen LogP contribution in [-0.2, 0) is 0 Å². The van der Waals surface area contributed by atoms with E-state index < -0.39 is 12.2 Å². The summed E-state index contributed by atoms with van der Waals surface area (Å²) in [5.74, 6) is 0.522. The molecule has 0 spiro atoms. The number of imidazole rings is 1. The van der Waals surface area contributed by atoms with Crippen LogP contribution < -0.4 is 10.1 Å². The first-order valence-corrected chi connectivity index (χ1v) is 8.56. The standard InChI is InChI=1S/C18H19F2N5O2/c1-10-3-4-12(14(5-10)27-16(19)20)15-13-8-21-9-25(13)17(24-23-15)22-11-6-18(2,26)7-11/h3-5,8-9,11,16,26H,6-7H2,1-2H3,(H,22,24). The van der Waals surface area contributed by atoms with Crippen molar-refractivity contribution >= 4 is 11.5 Å². The number of hydrogen-bond donors (Lipinski definition) is 2. The highest BCUT2D eigenvalue weighted by molar-refractivity contribution is 5.81. The Labute approximate surface area is 154 Å². The molecule has 1 fully saturated rings. The van der Waals surface area contributed by atoms with Crippen molar-refractivity contribution in [1.29, 1.82) is 0 Å². The van der Waals surface area contributed by atoms with Crippen molar-refractivity contribution in [1.82, 2.24) is 19.6 Å². The van der Waals surface area contributed by atoms with Gasteiger partial charge in [-0.15, -0.1) is 10.2 Å². The molecule has 1 aliphatic carbocycles. The van der Waals surface area contributed by atoms with Crippen molar-refractivity contribution in [2.75, 3.05) is 5.32 Å². The lowest BCUT2D eigenvalue weighted by Crippen LogP contribution is -2.48. The van der Waals surface area contributed by atoms with Gasteiger partial charge in [0.1, 0.15) is 17.8 Å². The number of nitrogens with one attached hydrogen (secondary N) is 1. The van der Waals surface area contributed by atoms with Crippen LogP contribution in [0.4, 0.5) is 14.7 Å². The van der Waals surface area contributed by atoms with Gasteiger partial charge in [-0.25, -0.2) is 4.98 Å². The van der Waals surface area contributed by atoms with E-state index in [9.17, 15) is 13.9 Å². The van der Waals surface area contributed by atoms with Gasteiger partial charge < -0.3 is 15.2 Å². The van der Waals surface area contributed by atoms with E-state index in [1.807, 2.05) is 0 Å². The van der Waals surface area contributed by atoms with Crippen molar-refractivity contribution in [2.45, 2.75) is 44.9 Å². The van der Waals surface area contributed by atoms with Crippen molar-refractivity contribution in [3.63, 3.8) is 0 Å². The number of aryl methyl sites for hydroxylation is 1. The van der Waals surface area contributed by atoms with E-state index in [1.165, 1.54) is 0 Å². The van der Waals surface area contributed by atoms with E-state index in [-0.39, 0.29) is 11.8 Å². The molecular formula is C18H19F2N5O2.